The molecule has 6 heteroatoms. The van der Waals surface area contributed by atoms with Gasteiger partial charge in [0.05, 0.1) is 18.0 Å². The average Bonchev–Trinajstić information content (AvgIpc) is 2.99. The minimum atomic E-state index is -3.22. The molecule has 0 saturated heterocycles. The van der Waals surface area contributed by atoms with E-state index in [1.165, 1.54) is 11.8 Å². The van der Waals surface area contributed by atoms with Crippen LogP contribution in [0, 0.1) is 0 Å². The molecule has 0 aliphatic carbocycles. The van der Waals surface area contributed by atoms with Gasteiger partial charge in [0, 0.05) is 30.8 Å². The number of hydrogen-bond donors (Lipinski definition) is 2. The summed E-state index contributed by atoms with van der Waals surface area (Å²) in [5.74, 6) is 0.828. The molecule has 0 spiro atoms. The first kappa shape index (κ1) is 16.2. The number of H-pyrrole nitrogens is 1. The Morgan fingerprint density at radius 3 is 2.60 bits per heavy atom. The van der Waals surface area contributed by atoms with Crippen LogP contribution in [0.2, 0.25) is 0 Å². The highest BCUT2D eigenvalue weighted by atomic mass is 32.2. The number of benzene rings is 2. The summed E-state index contributed by atoms with van der Waals surface area (Å²) in [6.45, 7) is 0.847. The lowest BCUT2D eigenvalue weighted by Gasteiger charge is -2.25. The molecular weight excluding hydrogens is 336 g/mol. The third kappa shape index (κ3) is 2.81. The molecule has 132 valence electrons. The Hall–Kier alpha value is -2.31. The molecule has 0 bridgehead atoms. The Labute approximate surface area is 148 Å². The van der Waals surface area contributed by atoms with Crippen LogP contribution in [0.4, 0.5) is 0 Å². The highest BCUT2D eigenvalue weighted by Gasteiger charge is 2.25. The molecule has 2 aromatic carbocycles. The van der Waals surface area contributed by atoms with Gasteiger partial charge in [0.15, 0.2) is 9.84 Å². The van der Waals surface area contributed by atoms with Crippen molar-refractivity contribution in [3.63, 3.8) is 0 Å². The van der Waals surface area contributed by atoms with Crippen molar-refractivity contribution in [2.24, 2.45) is 0 Å². The van der Waals surface area contributed by atoms with Gasteiger partial charge in [-0.15, -0.1) is 0 Å². The zero-order valence-electron chi connectivity index (χ0n) is 14.2. The van der Waals surface area contributed by atoms with Crippen LogP contribution in [-0.2, 0) is 16.3 Å². The Bertz CT molecular complexity index is 1040. The molecule has 25 heavy (non-hydrogen) atoms. The third-order valence-corrected chi connectivity index (χ3v) is 5.91. The Balaban J connectivity index is 0.00000196. The summed E-state index contributed by atoms with van der Waals surface area (Å²) in [6.07, 6.45) is 2.12. The minimum absolute atomic E-state index is 0. The summed E-state index contributed by atoms with van der Waals surface area (Å²) in [5.41, 5.74) is 4.42. The van der Waals surface area contributed by atoms with Gasteiger partial charge in [-0.3, -0.25) is 0 Å². The SMILES string of the molecule is COc1ccc(C2NCCc3c2[nH]c2ccc(S(C)(=O)=O)cc32)cc1.[HH]. The van der Waals surface area contributed by atoms with E-state index in [0.717, 1.165) is 40.9 Å². The van der Waals surface area contributed by atoms with Crippen molar-refractivity contribution in [1.82, 2.24) is 10.3 Å². The fourth-order valence-electron chi connectivity index (χ4n) is 3.52. The second-order valence-electron chi connectivity index (χ2n) is 6.41. The number of hydrogen-bond acceptors (Lipinski definition) is 4. The fourth-order valence-corrected chi connectivity index (χ4v) is 4.17. The molecule has 0 fully saturated rings. The number of methoxy groups -OCH3 is 1. The van der Waals surface area contributed by atoms with Crippen LogP contribution in [0.25, 0.3) is 10.9 Å². The van der Waals surface area contributed by atoms with Gasteiger partial charge in [-0.1, -0.05) is 12.1 Å². The van der Waals surface area contributed by atoms with Crippen molar-refractivity contribution in [2.45, 2.75) is 17.4 Å². The smallest absolute Gasteiger partial charge is 0.175 e. The number of aromatic nitrogens is 1. The summed E-state index contributed by atoms with van der Waals surface area (Å²) < 4.78 is 29.0. The van der Waals surface area contributed by atoms with Gasteiger partial charge >= 0.3 is 0 Å². The van der Waals surface area contributed by atoms with E-state index in [0.29, 0.717) is 4.90 Å². The van der Waals surface area contributed by atoms with E-state index in [4.69, 9.17) is 4.74 Å². The van der Waals surface area contributed by atoms with Gasteiger partial charge in [-0.2, -0.15) is 0 Å². The monoisotopic (exact) mass is 358 g/mol. The zero-order valence-corrected chi connectivity index (χ0v) is 15.0. The normalized spacial score (nSPS) is 17.4. The van der Waals surface area contributed by atoms with Gasteiger partial charge in [-0.25, -0.2) is 8.42 Å². The number of nitrogens with one attached hydrogen (secondary N) is 2. The van der Waals surface area contributed by atoms with Crippen LogP contribution >= 0.6 is 0 Å². The molecule has 1 atom stereocenters. The summed E-state index contributed by atoms with van der Waals surface area (Å²) in [5, 5.41) is 4.54. The summed E-state index contributed by atoms with van der Waals surface area (Å²) in [7, 11) is -1.56. The van der Waals surface area contributed by atoms with Crippen molar-refractivity contribution in [2.75, 3.05) is 19.9 Å². The Morgan fingerprint density at radius 2 is 1.92 bits per heavy atom. The van der Waals surface area contributed by atoms with Crippen molar-refractivity contribution in [1.29, 1.82) is 0 Å². The maximum Gasteiger partial charge on any atom is 0.175 e. The summed E-state index contributed by atoms with van der Waals surface area (Å²) in [4.78, 5) is 3.85. The van der Waals surface area contributed by atoms with E-state index >= 15 is 0 Å². The fraction of sp³-hybridized carbons (Fsp3) is 0.263. The second kappa shape index (κ2) is 5.89. The van der Waals surface area contributed by atoms with Crippen LogP contribution in [0.15, 0.2) is 47.4 Å². The number of aromatic amines is 1. The number of sulfone groups is 1. The standard InChI is InChI=1S/C19H20N2O3S.H2/c1-24-13-5-3-12(4-6-13)18-19-15(9-10-20-18)16-11-14(25(2,22)23)7-8-17(16)21-19;/h3-8,11,18,20-21H,9-10H2,1-2H3;1H. The predicted octanol–water partition coefficient (Wildman–Crippen LogP) is 3.06. The zero-order chi connectivity index (χ0) is 17.6. The molecule has 1 aromatic heterocycles. The average molecular weight is 358 g/mol. The van der Waals surface area contributed by atoms with Gasteiger partial charge in [0.1, 0.15) is 5.75 Å². The number of ether oxygens (including phenoxy) is 1. The van der Waals surface area contributed by atoms with Gasteiger partial charge < -0.3 is 15.0 Å². The third-order valence-electron chi connectivity index (χ3n) is 4.80. The molecule has 3 aromatic rings. The van der Waals surface area contributed by atoms with E-state index < -0.39 is 9.84 Å². The maximum atomic E-state index is 11.9. The molecule has 4 rings (SSSR count). The Kier molecular flexibility index (Phi) is 3.81. The van der Waals surface area contributed by atoms with Crippen molar-refractivity contribution in [3.05, 3.63) is 59.3 Å². The molecule has 2 heterocycles. The summed E-state index contributed by atoms with van der Waals surface area (Å²) in [6, 6.07) is 13.4. The van der Waals surface area contributed by atoms with Gasteiger partial charge in [0.25, 0.3) is 0 Å². The molecule has 0 radical (unpaired) electrons. The van der Waals surface area contributed by atoms with Crippen LogP contribution in [0.1, 0.15) is 24.3 Å². The van der Waals surface area contributed by atoms with Crippen LogP contribution in [0.5, 0.6) is 5.75 Å². The van der Waals surface area contributed by atoms with Crippen molar-refractivity contribution in [3.8, 4) is 5.75 Å². The molecule has 1 aliphatic heterocycles. The van der Waals surface area contributed by atoms with Gasteiger partial charge in [-0.05, 0) is 47.9 Å². The molecule has 1 unspecified atom stereocenters. The first-order valence-electron chi connectivity index (χ1n) is 8.19. The molecule has 0 saturated carbocycles. The van der Waals surface area contributed by atoms with Crippen LogP contribution < -0.4 is 10.1 Å². The first-order valence-corrected chi connectivity index (χ1v) is 10.1. The predicted molar refractivity (Wildman–Crippen MR) is 100 cm³/mol. The lowest BCUT2D eigenvalue weighted by atomic mass is 9.94. The molecule has 2 N–H and O–H groups in total. The van der Waals surface area contributed by atoms with Crippen molar-refractivity contribution >= 4 is 20.7 Å². The molecule has 5 nitrogen and oxygen atoms in total. The van der Waals surface area contributed by atoms with Crippen LogP contribution in [0.3, 0.4) is 0 Å². The number of rotatable bonds is 3. The lowest BCUT2D eigenvalue weighted by molar-refractivity contribution is 0.414. The maximum absolute atomic E-state index is 11.9. The lowest BCUT2D eigenvalue weighted by Crippen LogP contribution is -2.30. The van der Waals surface area contributed by atoms with E-state index in [1.807, 2.05) is 18.2 Å². The van der Waals surface area contributed by atoms with E-state index in [2.05, 4.69) is 22.4 Å². The largest absolute Gasteiger partial charge is 0.497 e. The van der Waals surface area contributed by atoms with Crippen LogP contribution in [-0.4, -0.2) is 33.3 Å². The van der Waals surface area contributed by atoms with E-state index in [1.54, 1.807) is 19.2 Å². The van der Waals surface area contributed by atoms with Gasteiger partial charge in [0.2, 0.25) is 0 Å². The topological polar surface area (TPSA) is 71.2 Å². The first-order chi connectivity index (χ1) is 12.0. The Morgan fingerprint density at radius 1 is 1.16 bits per heavy atom. The molecular formula is C19H22N2O3S. The molecule has 0 amide bonds. The highest BCUT2D eigenvalue weighted by Crippen LogP contribution is 2.34. The molecule has 1 aliphatic rings. The summed E-state index contributed by atoms with van der Waals surface area (Å²) >= 11 is 0. The van der Waals surface area contributed by atoms with E-state index in [-0.39, 0.29) is 7.47 Å². The number of fused-ring (bicyclic) bond motifs is 3. The highest BCUT2D eigenvalue weighted by molar-refractivity contribution is 7.90. The second-order valence-corrected chi connectivity index (χ2v) is 8.42. The van der Waals surface area contributed by atoms with Crippen molar-refractivity contribution < 1.29 is 14.6 Å². The minimum Gasteiger partial charge on any atom is -0.497 e. The van der Waals surface area contributed by atoms with E-state index in [9.17, 15) is 8.42 Å². The quantitative estimate of drug-likeness (QED) is 0.755.